The van der Waals surface area contributed by atoms with E-state index in [0.717, 1.165) is 18.4 Å². The number of aryl methyl sites for hydroxylation is 1. The first-order valence-corrected chi connectivity index (χ1v) is 8.35. The maximum atomic E-state index is 12.0. The third-order valence-electron chi connectivity index (χ3n) is 3.49. The topological polar surface area (TPSA) is 64.6 Å². The van der Waals surface area contributed by atoms with E-state index in [2.05, 4.69) is 12.2 Å². The molecule has 0 bridgehead atoms. The Morgan fingerprint density at radius 3 is 2.52 bits per heavy atom. The summed E-state index contributed by atoms with van der Waals surface area (Å²) >= 11 is 0. The van der Waals surface area contributed by atoms with Crippen LogP contribution < -0.4 is 10.1 Å². The lowest BCUT2D eigenvalue weighted by atomic mass is 10.2. The number of carbonyl (C=O) groups excluding carboxylic acids is 2. The molecule has 0 fully saturated rings. The van der Waals surface area contributed by atoms with Crippen molar-refractivity contribution < 1.29 is 19.1 Å². The first kappa shape index (κ1) is 18.5. The van der Waals surface area contributed by atoms with E-state index in [1.165, 1.54) is 0 Å². The predicted molar refractivity (Wildman–Crippen MR) is 96.9 cm³/mol. The number of ether oxygens (including phenoxy) is 2. The number of rotatable bonds is 8. The van der Waals surface area contributed by atoms with Gasteiger partial charge in [0.25, 0.3) is 5.91 Å². The minimum atomic E-state index is -0.542. The molecule has 0 aliphatic heterocycles. The van der Waals surface area contributed by atoms with Crippen LogP contribution in [-0.4, -0.2) is 25.1 Å². The van der Waals surface area contributed by atoms with Crippen molar-refractivity contribution in [3.63, 3.8) is 0 Å². The summed E-state index contributed by atoms with van der Waals surface area (Å²) in [6, 6.07) is 14.1. The smallest absolute Gasteiger partial charge is 0.338 e. The van der Waals surface area contributed by atoms with Gasteiger partial charge in [-0.3, -0.25) is 4.79 Å². The average molecular weight is 341 g/mol. The molecule has 0 saturated carbocycles. The van der Waals surface area contributed by atoms with Crippen LogP contribution in [0.15, 0.2) is 48.5 Å². The Bertz CT molecular complexity index is 710. The molecule has 0 unspecified atom stereocenters. The lowest BCUT2D eigenvalue weighted by Crippen LogP contribution is -2.20. The number of esters is 1. The minimum absolute atomic E-state index is 0.332. The van der Waals surface area contributed by atoms with Gasteiger partial charge in [-0.25, -0.2) is 4.79 Å². The van der Waals surface area contributed by atoms with E-state index in [1.54, 1.807) is 30.3 Å². The van der Waals surface area contributed by atoms with Crippen molar-refractivity contribution in [2.75, 3.05) is 18.5 Å². The number of nitrogens with one attached hydrogen (secondary N) is 1. The van der Waals surface area contributed by atoms with Gasteiger partial charge in [0.05, 0.1) is 12.2 Å². The zero-order valence-electron chi connectivity index (χ0n) is 14.6. The summed E-state index contributed by atoms with van der Waals surface area (Å²) in [6.45, 7) is 4.35. The SMILES string of the molecule is CCCCOc1ccc(C(=O)OCC(=O)Nc2cccc(C)c2)cc1. The third kappa shape index (κ3) is 6.30. The molecule has 2 aromatic carbocycles. The Hall–Kier alpha value is -2.82. The Kier molecular flexibility index (Phi) is 7.01. The zero-order valence-corrected chi connectivity index (χ0v) is 14.6. The van der Waals surface area contributed by atoms with E-state index < -0.39 is 5.97 Å². The molecule has 0 spiro atoms. The van der Waals surface area contributed by atoms with Gasteiger partial charge < -0.3 is 14.8 Å². The maximum absolute atomic E-state index is 12.0. The maximum Gasteiger partial charge on any atom is 0.338 e. The van der Waals surface area contributed by atoms with Crippen LogP contribution in [0.5, 0.6) is 5.75 Å². The van der Waals surface area contributed by atoms with Crippen LogP contribution in [0, 0.1) is 6.92 Å². The summed E-state index contributed by atoms with van der Waals surface area (Å²) in [7, 11) is 0. The third-order valence-corrected chi connectivity index (χ3v) is 3.49. The number of hydrogen-bond acceptors (Lipinski definition) is 4. The quantitative estimate of drug-likeness (QED) is 0.583. The predicted octanol–water partition coefficient (Wildman–Crippen LogP) is 3.97. The molecule has 132 valence electrons. The van der Waals surface area contributed by atoms with Gasteiger partial charge >= 0.3 is 5.97 Å². The summed E-state index contributed by atoms with van der Waals surface area (Å²) < 4.78 is 10.6. The summed E-state index contributed by atoms with van der Waals surface area (Å²) in [5.74, 6) is -0.208. The zero-order chi connectivity index (χ0) is 18.1. The molecule has 1 amide bonds. The van der Waals surface area contributed by atoms with Gasteiger partial charge in [-0.05, 0) is 55.3 Å². The van der Waals surface area contributed by atoms with Crippen LogP contribution in [0.3, 0.4) is 0 Å². The van der Waals surface area contributed by atoms with Gasteiger partial charge in [0.2, 0.25) is 0 Å². The molecule has 0 heterocycles. The first-order chi connectivity index (χ1) is 12.1. The van der Waals surface area contributed by atoms with Crippen molar-refractivity contribution in [2.24, 2.45) is 0 Å². The number of hydrogen-bond donors (Lipinski definition) is 1. The fourth-order valence-corrected chi connectivity index (χ4v) is 2.16. The normalized spacial score (nSPS) is 10.2. The van der Waals surface area contributed by atoms with E-state index in [-0.39, 0.29) is 12.5 Å². The van der Waals surface area contributed by atoms with Crippen molar-refractivity contribution in [1.82, 2.24) is 0 Å². The van der Waals surface area contributed by atoms with Crippen molar-refractivity contribution in [3.8, 4) is 5.75 Å². The van der Waals surface area contributed by atoms with Crippen molar-refractivity contribution in [1.29, 1.82) is 0 Å². The lowest BCUT2D eigenvalue weighted by molar-refractivity contribution is -0.119. The Labute approximate surface area is 148 Å². The summed E-state index contributed by atoms with van der Waals surface area (Å²) in [5, 5.41) is 2.69. The van der Waals surface area contributed by atoms with Crippen LogP contribution in [0.2, 0.25) is 0 Å². The van der Waals surface area contributed by atoms with Gasteiger partial charge in [0.1, 0.15) is 5.75 Å². The molecule has 0 aromatic heterocycles. The standard InChI is InChI=1S/C20H23NO4/c1-3-4-12-24-18-10-8-16(9-11-18)20(23)25-14-19(22)21-17-7-5-6-15(2)13-17/h5-11,13H,3-4,12,14H2,1-2H3,(H,21,22). The number of carbonyl (C=O) groups is 2. The molecule has 0 aliphatic carbocycles. The molecule has 5 nitrogen and oxygen atoms in total. The second kappa shape index (κ2) is 9.47. The van der Waals surface area contributed by atoms with Gasteiger partial charge in [0.15, 0.2) is 6.61 Å². The second-order valence-electron chi connectivity index (χ2n) is 5.72. The van der Waals surface area contributed by atoms with E-state index in [9.17, 15) is 9.59 Å². The molecule has 0 atom stereocenters. The van der Waals surface area contributed by atoms with Gasteiger partial charge in [0, 0.05) is 5.69 Å². The van der Waals surface area contributed by atoms with Crippen molar-refractivity contribution >= 4 is 17.6 Å². The highest BCUT2D eigenvalue weighted by atomic mass is 16.5. The monoisotopic (exact) mass is 341 g/mol. The Balaban J connectivity index is 1.80. The fourth-order valence-electron chi connectivity index (χ4n) is 2.16. The van der Waals surface area contributed by atoms with Crippen molar-refractivity contribution in [2.45, 2.75) is 26.7 Å². The highest BCUT2D eigenvalue weighted by Gasteiger charge is 2.10. The van der Waals surface area contributed by atoms with E-state index >= 15 is 0 Å². The number of anilines is 1. The lowest BCUT2D eigenvalue weighted by Gasteiger charge is -2.08. The highest BCUT2D eigenvalue weighted by Crippen LogP contribution is 2.14. The highest BCUT2D eigenvalue weighted by molar-refractivity contribution is 5.95. The molecule has 2 rings (SSSR count). The van der Waals surface area contributed by atoms with E-state index in [0.29, 0.717) is 23.6 Å². The summed E-state index contributed by atoms with van der Waals surface area (Å²) in [5.41, 5.74) is 2.09. The average Bonchev–Trinajstić information content (AvgIpc) is 2.60. The molecular formula is C20H23NO4. The summed E-state index contributed by atoms with van der Waals surface area (Å²) in [6.07, 6.45) is 2.05. The van der Waals surface area contributed by atoms with Crippen LogP contribution in [0.1, 0.15) is 35.7 Å². The van der Waals surface area contributed by atoms with Gasteiger partial charge in [-0.1, -0.05) is 25.5 Å². The molecule has 0 saturated heterocycles. The molecular weight excluding hydrogens is 318 g/mol. The fraction of sp³-hybridized carbons (Fsp3) is 0.300. The summed E-state index contributed by atoms with van der Waals surface area (Å²) in [4.78, 5) is 23.8. The van der Waals surface area contributed by atoms with E-state index in [4.69, 9.17) is 9.47 Å². The van der Waals surface area contributed by atoms with Crippen LogP contribution in [-0.2, 0) is 9.53 Å². The van der Waals surface area contributed by atoms with E-state index in [1.807, 2.05) is 25.1 Å². The largest absolute Gasteiger partial charge is 0.494 e. The van der Waals surface area contributed by atoms with Crippen LogP contribution in [0.4, 0.5) is 5.69 Å². The Morgan fingerprint density at radius 2 is 1.84 bits per heavy atom. The molecule has 0 aliphatic rings. The molecule has 5 heteroatoms. The number of benzene rings is 2. The molecule has 1 N–H and O–H groups in total. The molecule has 0 radical (unpaired) electrons. The Morgan fingerprint density at radius 1 is 1.08 bits per heavy atom. The second-order valence-corrected chi connectivity index (χ2v) is 5.72. The van der Waals surface area contributed by atoms with Gasteiger partial charge in [-0.15, -0.1) is 0 Å². The van der Waals surface area contributed by atoms with Crippen LogP contribution >= 0.6 is 0 Å². The molecule has 25 heavy (non-hydrogen) atoms. The van der Waals surface area contributed by atoms with Gasteiger partial charge in [-0.2, -0.15) is 0 Å². The van der Waals surface area contributed by atoms with Crippen molar-refractivity contribution in [3.05, 3.63) is 59.7 Å². The van der Waals surface area contributed by atoms with Crippen LogP contribution in [0.25, 0.3) is 0 Å². The number of unbranched alkanes of at least 4 members (excludes halogenated alkanes) is 1. The first-order valence-electron chi connectivity index (χ1n) is 8.35. The minimum Gasteiger partial charge on any atom is -0.494 e. The number of amides is 1. The molecule has 2 aromatic rings.